The summed E-state index contributed by atoms with van der Waals surface area (Å²) in [7, 11) is 0. The second kappa shape index (κ2) is 7.23. The molecule has 0 aliphatic rings. The third kappa shape index (κ3) is 5.64. The standard InChI is InChI=1S/C9H14F2N4OS/c1-17-9-14-7(12)4-8(15-9)13-2-3-16-5-6(10)11/h4,6H,2-3,5H2,1H3,(H3,12,13,14,15). The van der Waals surface area contributed by atoms with Crippen LogP contribution < -0.4 is 11.1 Å². The third-order valence-electron chi connectivity index (χ3n) is 1.70. The lowest BCUT2D eigenvalue weighted by Gasteiger charge is -2.07. The molecule has 0 spiro atoms. The van der Waals surface area contributed by atoms with E-state index in [1.165, 1.54) is 11.8 Å². The minimum absolute atomic E-state index is 0.183. The highest BCUT2D eigenvalue weighted by Gasteiger charge is 2.03. The van der Waals surface area contributed by atoms with Gasteiger partial charge in [0.25, 0.3) is 6.43 Å². The Morgan fingerprint density at radius 1 is 1.53 bits per heavy atom. The number of halogens is 2. The number of anilines is 2. The first-order valence-electron chi connectivity index (χ1n) is 4.90. The van der Waals surface area contributed by atoms with Gasteiger partial charge in [-0.3, -0.25) is 0 Å². The van der Waals surface area contributed by atoms with Crippen molar-refractivity contribution in [3.63, 3.8) is 0 Å². The summed E-state index contributed by atoms with van der Waals surface area (Å²) in [5.74, 6) is 0.919. The monoisotopic (exact) mass is 264 g/mol. The van der Waals surface area contributed by atoms with Crippen LogP contribution in [-0.4, -0.2) is 42.4 Å². The first-order valence-corrected chi connectivity index (χ1v) is 6.12. The molecule has 0 atom stereocenters. The third-order valence-corrected chi connectivity index (χ3v) is 2.25. The maximum atomic E-state index is 11.8. The summed E-state index contributed by atoms with van der Waals surface area (Å²) >= 11 is 1.37. The molecule has 0 bridgehead atoms. The number of nitrogens with zero attached hydrogens (tertiary/aromatic N) is 2. The quantitative estimate of drug-likeness (QED) is 0.441. The molecule has 0 aliphatic carbocycles. The number of aromatic nitrogens is 2. The fraction of sp³-hybridized carbons (Fsp3) is 0.556. The summed E-state index contributed by atoms with van der Waals surface area (Å²) in [6, 6.07) is 1.58. The molecule has 3 N–H and O–H groups in total. The van der Waals surface area contributed by atoms with Gasteiger partial charge in [-0.1, -0.05) is 11.8 Å². The van der Waals surface area contributed by atoms with Crippen molar-refractivity contribution in [2.24, 2.45) is 0 Å². The molecule has 0 saturated carbocycles. The van der Waals surface area contributed by atoms with Gasteiger partial charge < -0.3 is 15.8 Å². The molecule has 8 heteroatoms. The molecule has 1 heterocycles. The summed E-state index contributed by atoms with van der Waals surface area (Å²) in [5.41, 5.74) is 5.57. The predicted molar refractivity (Wildman–Crippen MR) is 63.5 cm³/mol. The Morgan fingerprint density at radius 2 is 2.29 bits per heavy atom. The van der Waals surface area contributed by atoms with Gasteiger partial charge in [-0.25, -0.2) is 18.7 Å². The van der Waals surface area contributed by atoms with Crippen molar-refractivity contribution in [3.8, 4) is 0 Å². The summed E-state index contributed by atoms with van der Waals surface area (Å²) in [6.45, 7) is 0.0174. The van der Waals surface area contributed by atoms with Gasteiger partial charge in [0.2, 0.25) is 0 Å². The van der Waals surface area contributed by atoms with Crippen molar-refractivity contribution >= 4 is 23.4 Å². The Morgan fingerprint density at radius 3 is 2.94 bits per heavy atom. The van der Waals surface area contributed by atoms with Gasteiger partial charge in [0.15, 0.2) is 5.16 Å². The summed E-state index contributed by atoms with van der Waals surface area (Å²) in [5, 5.41) is 3.48. The lowest BCUT2D eigenvalue weighted by atomic mass is 10.5. The SMILES string of the molecule is CSc1nc(N)cc(NCCOCC(F)F)n1. The lowest BCUT2D eigenvalue weighted by Crippen LogP contribution is -2.14. The smallest absolute Gasteiger partial charge is 0.261 e. The van der Waals surface area contributed by atoms with Crippen LogP contribution in [0.1, 0.15) is 0 Å². The van der Waals surface area contributed by atoms with Crippen molar-refractivity contribution in [1.29, 1.82) is 0 Å². The maximum absolute atomic E-state index is 11.8. The first kappa shape index (κ1) is 13.9. The molecule has 0 aromatic carbocycles. The topological polar surface area (TPSA) is 73.1 Å². The number of rotatable bonds is 7. The van der Waals surface area contributed by atoms with Gasteiger partial charge in [-0.15, -0.1) is 0 Å². The molecule has 1 aromatic heterocycles. The highest BCUT2D eigenvalue weighted by molar-refractivity contribution is 7.98. The van der Waals surface area contributed by atoms with Crippen molar-refractivity contribution in [2.45, 2.75) is 11.6 Å². The number of nitrogens with two attached hydrogens (primary N) is 1. The molecule has 1 rings (SSSR count). The van der Waals surface area contributed by atoms with Crippen LogP contribution in [-0.2, 0) is 4.74 Å². The van der Waals surface area contributed by atoms with Crippen LogP contribution in [0.2, 0.25) is 0 Å². The van der Waals surface area contributed by atoms with E-state index >= 15 is 0 Å². The maximum Gasteiger partial charge on any atom is 0.261 e. The van der Waals surface area contributed by atoms with E-state index in [-0.39, 0.29) is 6.61 Å². The summed E-state index contributed by atoms with van der Waals surface area (Å²) in [6.07, 6.45) is -0.600. The van der Waals surface area contributed by atoms with E-state index in [2.05, 4.69) is 15.3 Å². The molecule has 1 aromatic rings. The van der Waals surface area contributed by atoms with Crippen molar-refractivity contribution in [3.05, 3.63) is 6.07 Å². The average molecular weight is 264 g/mol. The van der Waals surface area contributed by atoms with Crippen molar-refractivity contribution in [1.82, 2.24) is 9.97 Å². The van der Waals surface area contributed by atoms with E-state index in [9.17, 15) is 8.78 Å². The molecule has 96 valence electrons. The number of thioether (sulfide) groups is 1. The van der Waals surface area contributed by atoms with E-state index in [1.807, 2.05) is 6.26 Å². The zero-order chi connectivity index (χ0) is 12.7. The number of nitrogen functional groups attached to an aromatic ring is 1. The van der Waals surface area contributed by atoms with Crippen LogP contribution in [0.15, 0.2) is 11.2 Å². The van der Waals surface area contributed by atoms with Crippen LogP contribution in [0, 0.1) is 0 Å². The Hall–Kier alpha value is -1.15. The molecule has 0 saturated heterocycles. The fourth-order valence-electron chi connectivity index (χ4n) is 1.05. The van der Waals surface area contributed by atoms with Crippen molar-refractivity contribution < 1.29 is 13.5 Å². The zero-order valence-electron chi connectivity index (χ0n) is 9.32. The van der Waals surface area contributed by atoms with E-state index < -0.39 is 13.0 Å². The number of alkyl halides is 2. The Labute approximate surface area is 102 Å². The fourth-order valence-corrected chi connectivity index (χ4v) is 1.43. The van der Waals surface area contributed by atoms with Gasteiger partial charge in [0, 0.05) is 12.6 Å². The summed E-state index contributed by atoms with van der Waals surface area (Å²) < 4.78 is 28.2. The van der Waals surface area contributed by atoms with Gasteiger partial charge in [0.1, 0.15) is 18.2 Å². The second-order valence-corrected chi connectivity index (χ2v) is 3.83. The number of hydrogen-bond acceptors (Lipinski definition) is 6. The van der Waals surface area contributed by atoms with Crippen molar-refractivity contribution in [2.75, 3.05) is 37.1 Å². The van der Waals surface area contributed by atoms with Gasteiger partial charge >= 0.3 is 0 Å². The normalized spacial score (nSPS) is 10.8. The van der Waals surface area contributed by atoms with E-state index in [1.54, 1.807) is 6.07 Å². The molecule has 0 aliphatic heterocycles. The molecular weight excluding hydrogens is 250 g/mol. The Kier molecular flexibility index (Phi) is 5.92. The van der Waals surface area contributed by atoms with E-state index in [0.717, 1.165) is 0 Å². The number of ether oxygens (including phenoxy) is 1. The molecular formula is C9H14F2N4OS. The van der Waals surface area contributed by atoms with E-state index in [0.29, 0.717) is 23.3 Å². The minimum atomic E-state index is -2.44. The highest BCUT2D eigenvalue weighted by atomic mass is 32.2. The number of nitrogens with one attached hydrogen (secondary N) is 1. The highest BCUT2D eigenvalue weighted by Crippen LogP contribution is 2.14. The molecule has 0 radical (unpaired) electrons. The Bertz CT molecular complexity index is 354. The zero-order valence-corrected chi connectivity index (χ0v) is 10.1. The molecule has 17 heavy (non-hydrogen) atoms. The number of hydrogen-bond donors (Lipinski definition) is 2. The largest absolute Gasteiger partial charge is 0.383 e. The van der Waals surface area contributed by atoms with Gasteiger partial charge in [-0.05, 0) is 6.26 Å². The van der Waals surface area contributed by atoms with Crippen LogP contribution >= 0.6 is 11.8 Å². The Balaban J connectivity index is 2.33. The van der Waals surface area contributed by atoms with Crippen LogP contribution in [0.3, 0.4) is 0 Å². The first-order chi connectivity index (χ1) is 8.11. The minimum Gasteiger partial charge on any atom is -0.383 e. The van der Waals surface area contributed by atoms with Gasteiger partial charge in [0.05, 0.1) is 6.61 Å². The van der Waals surface area contributed by atoms with E-state index in [4.69, 9.17) is 10.5 Å². The lowest BCUT2D eigenvalue weighted by molar-refractivity contribution is 0.0215. The van der Waals surface area contributed by atoms with Gasteiger partial charge in [-0.2, -0.15) is 0 Å². The second-order valence-electron chi connectivity index (χ2n) is 3.06. The van der Waals surface area contributed by atoms with Crippen LogP contribution in [0.4, 0.5) is 20.4 Å². The predicted octanol–water partition coefficient (Wildman–Crippen LogP) is 1.47. The van der Waals surface area contributed by atoms with Crippen LogP contribution in [0.5, 0.6) is 0 Å². The van der Waals surface area contributed by atoms with Crippen LogP contribution in [0.25, 0.3) is 0 Å². The molecule has 0 unspecified atom stereocenters. The summed E-state index contributed by atoms with van der Waals surface area (Å²) in [4.78, 5) is 8.12. The molecule has 0 fully saturated rings. The molecule has 0 amide bonds. The average Bonchev–Trinajstić information content (AvgIpc) is 2.27. The molecule has 5 nitrogen and oxygen atoms in total.